The Bertz CT molecular complexity index is 1240. The summed E-state index contributed by atoms with van der Waals surface area (Å²) in [7, 11) is -0.896. The number of hydrogen-bond acceptors (Lipinski definition) is 7. The SMILES string of the molecule is COc1ccc(-c2c(-c3ccc(S(N)(=O)=O)cc3)csc2CCCSC(=S)N(C)O)cc1F. The molecule has 3 N–H and O–H groups in total. The van der Waals surface area contributed by atoms with Gasteiger partial charge in [-0.1, -0.05) is 42.2 Å². The highest BCUT2D eigenvalue weighted by Crippen LogP contribution is 2.41. The third kappa shape index (κ3) is 6.31. The van der Waals surface area contributed by atoms with Gasteiger partial charge in [-0.15, -0.1) is 11.3 Å². The van der Waals surface area contributed by atoms with Crippen LogP contribution >= 0.6 is 35.3 Å². The number of aryl methyl sites for hydroxylation is 1. The van der Waals surface area contributed by atoms with Crippen LogP contribution in [0.3, 0.4) is 0 Å². The maximum Gasteiger partial charge on any atom is 0.238 e. The second kappa shape index (κ2) is 10.9. The van der Waals surface area contributed by atoms with E-state index in [9.17, 15) is 18.0 Å². The Morgan fingerprint density at radius 1 is 1.24 bits per heavy atom. The summed E-state index contributed by atoms with van der Waals surface area (Å²) in [6.07, 6.45) is 1.53. The Morgan fingerprint density at radius 2 is 1.91 bits per heavy atom. The van der Waals surface area contributed by atoms with E-state index < -0.39 is 15.8 Å². The standard InChI is InChI=1S/C22H23FN2O4S4/c1-25(26)22(30)31-11-3-4-20-21(15-7-10-19(29-2)18(23)12-15)17(13-32-20)14-5-8-16(9-6-14)33(24,27)28/h5-10,12-13,26H,3-4,11H2,1-2H3,(H2,24,27,28). The predicted molar refractivity (Wildman–Crippen MR) is 136 cm³/mol. The molecule has 0 spiro atoms. The highest BCUT2D eigenvalue weighted by Gasteiger charge is 2.18. The second-order valence-corrected chi connectivity index (χ2v) is 11.4. The summed E-state index contributed by atoms with van der Waals surface area (Å²) in [5.41, 5.74) is 3.26. The van der Waals surface area contributed by atoms with E-state index in [4.69, 9.17) is 22.1 Å². The van der Waals surface area contributed by atoms with Crippen LogP contribution in [0.25, 0.3) is 22.3 Å². The van der Waals surface area contributed by atoms with Gasteiger partial charge in [0.2, 0.25) is 10.0 Å². The topological polar surface area (TPSA) is 92.9 Å². The molecule has 2 aromatic carbocycles. The fraction of sp³-hybridized carbons (Fsp3) is 0.227. The van der Waals surface area contributed by atoms with Crippen LogP contribution in [0.2, 0.25) is 0 Å². The lowest BCUT2D eigenvalue weighted by Gasteiger charge is -2.12. The lowest BCUT2D eigenvalue weighted by atomic mass is 9.95. The molecule has 0 radical (unpaired) electrons. The van der Waals surface area contributed by atoms with Crippen molar-refractivity contribution in [1.82, 2.24) is 5.06 Å². The van der Waals surface area contributed by atoms with Gasteiger partial charge in [-0.2, -0.15) is 0 Å². The molecule has 0 amide bonds. The molecular formula is C22H23FN2O4S4. The van der Waals surface area contributed by atoms with Crippen LogP contribution < -0.4 is 9.88 Å². The van der Waals surface area contributed by atoms with Gasteiger partial charge in [0, 0.05) is 28.8 Å². The average molecular weight is 527 g/mol. The van der Waals surface area contributed by atoms with Gasteiger partial charge in [-0.25, -0.2) is 23.0 Å². The highest BCUT2D eigenvalue weighted by atomic mass is 32.2. The Kier molecular flexibility index (Phi) is 8.48. The van der Waals surface area contributed by atoms with Crippen molar-refractivity contribution in [2.75, 3.05) is 19.9 Å². The van der Waals surface area contributed by atoms with Crippen molar-refractivity contribution < 1.29 is 22.8 Å². The van der Waals surface area contributed by atoms with Crippen LogP contribution in [-0.4, -0.2) is 42.9 Å². The molecule has 3 aromatic rings. The van der Waals surface area contributed by atoms with E-state index in [-0.39, 0.29) is 10.6 Å². The van der Waals surface area contributed by atoms with Gasteiger partial charge >= 0.3 is 0 Å². The van der Waals surface area contributed by atoms with Gasteiger partial charge in [0.15, 0.2) is 15.9 Å². The number of halogens is 1. The zero-order valence-electron chi connectivity index (χ0n) is 17.9. The molecule has 1 aromatic heterocycles. The van der Waals surface area contributed by atoms with Crippen molar-refractivity contribution in [3.8, 4) is 28.0 Å². The molecule has 0 saturated heterocycles. The van der Waals surface area contributed by atoms with Gasteiger partial charge in [-0.3, -0.25) is 5.21 Å². The second-order valence-electron chi connectivity index (χ2n) is 7.11. The van der Waals surface area contributed by atoms with Gasteiger partial charge < -0.3 is 4.74 Å². The van der Waals surface area contributed by atoms with E-state index in [1.165, 1.54) is 44.1 Å². The minimum atomic E-state index is -3.80. The summed E-state index contributed by atoms with van der Waals surface area (Å²) in [5, 5.41) is 17.5. The molecule has 0 bridgehead atoms. The number of benzene rings is 2. The van der Waals surface area contributed by atoms with Crippen LogP contribution in [0.4, 0.5) is 4.39 Å². The number of nitrogens with two attached hydrogens (primary N) is 1. The quantitative estimate of drug-likeness (QED) is 0.238. The Hall–Kier alpha value is -2.02. The van der Waals surface area contributed by atoms with E-state index in [2.05, 4.69) is 0 Å². The minimum Gasteiger partial charge on any atom is -0.494 e. The fourth-order valence-corrected chi connectivity index (χ4v) is 5.78. The first-order valence-electron chi connectivity index (χ1n) is 9.78. The average Bonchev–Trinajstić information content (AvgIpc) is 3.19. The van der Waals surface area contributed by atoms with Gasteiger partial charge in [-0.05, 0) is 53.6 Å². The molecule has 1 heterocycles. The first-order chi connectivity index (χ1) is 15.6. The predicted octanol–water partition coefficient (Wildman–Crippen LogP) is 5.15. The van der Waals surface area contributed by atoms with E-state index in [1.54, 1.807) is 35.6 Å². The minimum absolute atomic E-state index is 0.0283. The molecule has 3 rings (SSSR count). The molecule has 176 valence electrons. The molecular weight excluding hydrogens is 504 g/mol. The molecule has 0 fully saturated rings. The zero-order valence-corrected chi connectivity index (χ0v) is 21.2. The molecule has 0 aliphatic carbocycles. The molecule has 11 heteroatoms. The number of hydroxylamine groups is 2. The number of nitrogens with zero attached hydrogens (tertiary/aromatic N) is 1. The fourth-order valence-electron chi connectivity index (χ4n) is 3.24. The van der Waals surface area contributed by atoms with Crippen LogP contribution in [0.15, 0.2) is 52.7 Å². The molecule has 0 aliphatic rings. The summed E-state index contributed by atoms with van der Waals surface area (Å²) in [5.74, 6) is 0.415. The molecule has 0 atom stereocenters. The van der Waals surface area contributed by atoms with Crippen LogP contribution in [-0.2, 0) is 16.4 Å². The number of hydrogen-bond donors (Lipinski definition) is 2. The van der Waals surface area contributed by atoms with Gasteiger partial charge in [0.05, 0.1) is 12.0 Å². The van der Waals surface area contributed by atoms with Crippen molar-refractivity contribution >= 4 is 49.7 Å². The summed E-state index contributed by atoms with van der Waals surface area (Å²) in [4.78, 5) is 1.09. The van der Waals surface area contributed by atoms with Crippen molar-refractivity contribution in [1.29, 1.82) is 0 Å². The third-order valence-electron chi connectivity index (χ3n) is 4.84. The zero-order chi connectivity index (χ0) is 24.2. The van der Waals surface area contributed by atoms with Crippen molar-refractivity contribution in [3.63, 3.8) is 0 Å². The summed E-state index contributed by atoms with van der Waals surface area (Å²) in [6.45, 7) is 0. The van der Waals surface area contributed by atoms with Crippen molar-refractivity contribution in [2.24, 2.45) is 5.14 Å². The van der Waals surface area contributed by atoms with Crippen LogP contribution in [0.1, 0.15) is 11.3 Å². The number of rotatable bonds is 8. The number of primary sulfonamides is 1. The van der Waals surface area contributed by atoms with Crippen molar-refractivity contribution in [3.05, 3.63) is 58.5 Å². The van der Waals surface area contributed by atoms with Crippen LogP contribution in [0.5, 0.6) is 5.75 Å². The summed E-state index contributed by atoms with van der Waals surface area (Å²) < 4.78 is 43.2. The lowest BCUT2D eigenvalue weighted by Crippen LogP contribution is -2.17. The van der Waals surface area contributed by atoms with Gasteiger partial charge in [0.25, 0.3) is 0 Å². The van der Waals surface area contributed by atoms with E-state index in [0.717, 1.165) is 45.2 Å². The Morgan fingerprint density at radius 3 is 2.48 bits per heavy atom. The van der Waals surface area contributed by atoms with E-state index >= 15 is 0 Å². The first kappa shape index (κ1) is 25.6. The smallest absolute Gasteiger partial charge is 0.238 e. The Labute approximate surface area is 206 Å². The molecule has 0 unspecified atom stereocenters. The maximum absolute atomic E-state index is 14.5. The number of thiophene rings is 1. The number of ether oxygens (including phenoxy) is 1. The normalized spacial score (nSPS) is 11.4. The maximum atomic E-state index is 14.5. The number of sulfonamides is 1. The molecule has 33 heavy (non-hydrogen) atoms. The number of thiocarbonyl (C=S) groups is 1. The Balaban J connectivity index is 1.96. The molecule has 0 saturated carbocycles. The van der Waals surface area contributed by atoms with E-state index in [1.807, 2.05) is 5.38 Å². The molecule has 6 nitrogen and oxygen atoms in total. The van der Waals surface area contributed by atoms with E-state index in [0.29, 0.717) is 9.88 Å². The monoisotopic (exact) mass is 526 g/mol. The number of thioether (sulfide) groups is 1. The highest BCUT2D eigenvalue weighted by molar-refractivity contribution is 8.22. The van der Waals surface area contributed by atoms with Crippen LogP contribution in [0, 0.1) is 5.82 Å². The number of methoxy groups -OCH3 is 1. The third-order valence-corrected chi connectivity index (χ3v) is 8.44. The lowest BCUT2D eigenvalue weighted by molar-refractivity contribution is 0.0205. The van der Waals surface area contributed by atoms with Gasteiger partial charge in [0.1, 0.15) is 0 Å². The summed E-state index contributed by atoms with van der Waals surface area (Å²) in [6, 6.07) is 11.1. The first-order valence-corrected chi connectivity index (χ1v) is 13.6. The summed E-state index contributed by atoms with van der Waals surface area (Å²) >= 11 is 8.03. The van der Waals surface area contributed by atoms with Crippen molar-refractivity contribution in [2.45, 2.75) is 17.7 Å². The molecule has 0 aliphatic heterocycles. The largest absolute Gasteiger partial charge is 0.494 e.